The summed E-state index contributed by atoms with van der Waals surface area (Å²) in [7, 11) is 0. The highest BCUT2D eigenvalue weighted by Gasteiger charge is 1.92. The lowest BCUT2D eigenvalue weighted by atomic mass is 10.3. The normalized spacial score (nSPS) is 8.89. The number of nitrogens with zero attached hydrogens (tertiary/aromatic N) is 3. The molecule has 0 aliphatic heterocycles. The van der Waals surface area contributed by atoms with Gasteiger partial charge in [0.25, 0.3) is 0 Å². The maximum Gasteiger partial charge on any atom is 0.156 e. The van der Waals surface area contributed by atoms with Gasteiger partial charge in [0.2, 0.25) is 0 Å². The van der Waals surface area contributed by atoms with E-state index in [0.29, 0.717) is 11.4 Å². The molecule has 4 nitrogen and oxygen atoms in total. The van der Waals surface area contributed by atoms with Crippen LogP contribution in [-0.4, -0.2) is 15.4 Å². The molecule has 0 aliphatic carbocycles. The predicted octanol–water partition coefficient (Wildman–Crippen LogP) is 0.0968. The zero-order chi connectivity index (χ0) is 6.69. The first kappa shape index (κ1) is 5.68. The van der Waals surface area contributed by atoms with E-state index in [1.165, 1.54) is 6.20 Å². The van der Waals surface area contributed by atoms with Crippen molar-refractivity contribution in [2.45, 2.75) is 0 Å². The van der Waals surface area contributed by atoms with E-state index in [1.54, 1.807) is 6.08 Å². The minimum Gasteiger partial charge on any atom is -0.382 e. The van der Waals surface area contributed by atoms with Crippen LogP contribution in [0.2, 0.25) is 0 Å². The van der Waals surface area contributed by atoms with Crippen molar-refractivity contribution >= 4 is 11.9 Å². The van der Waals surface area contributed by atoms with Gasteiger partial charge in [-0.2, -0.15) is 0 Å². The van der Waals surface area contributed by atoms with Crippen molar-refractivity contribution in [3.05, 3.63) is 18.3 Å². The number of hydrogen-bond acceptors (Lipinski definition) is 4. The average molecular weight is 122 g/mol. The van der Waals surface area contributed by atoms with Gasteiger partial charge in [-0.1, -0.05) is 12.7 Å². The minimum atomic E-state index is 0.361. The van der Waals surface area contributed by atoms with Gasteiger partial charge in [-0.05, 0) is 5.21 Å². The van der Waals surface area contributed by atoms with E-state index in [2.05, 4.69) is 22.0 Å². The van der Waals surface area contributed by atoms with E-state index in [-0.39, 0.29) is 0 Å². The van der Waals surface area contributed by atoms with Gasteiger partial charge in [0.1, 0.15) is 0 Å². The van der Waals surface area contributed by atoms with Crippen LogP contribution in [0.25, 0.3) is 6.08 Å². The summed E-state index contributed by atoms with van der Waals surface area (Å²) >= 11 is 0. The first-order valence-corrected chi connectivity index (χ1v) is 2.41. The number of rotatable bonds is 1. The number of aromatic nitrogens is 3. The zero-order valence-corrected chi connectivity index (χ0v) is 4.78. The fourth-order valence-electron chi connectivity index (χ4n) is 0.443. The maximum atomic E-state index is 5.35. The number of anilines is 1. The van der Waals surface area contributed by atoms with Crippen LogP contribution in [0, 0.1) is 0 Å². The fourth-order valence-corrected chi connectivity index (χ4v) is 0.443. The minimum absolute atomic E-state index is 0.361. The molecule has 0 aromatic carbocycles. The predicted molar refractivity (Wildman–Crippen MR) is 34.3 cm³/mol. The molecule has 9 heavy (non-hydrogen) atoms. The van der Waals surface area contributed by atoms with Crippen molar-refractivity contribution in [1.29, 1.82) is 0 Å². The number of nitrogen functional groups attached to an aromatic ring is 1. The molecule has 0 spiro atoms. The van der Waals surface area contributed by atoms with Crippen LogP contribution in [-0.2, 0) is 0 Å². The standard InChI is InChI=1S/C5H6N4/c1-2-4-3-7-9-8-5(4)6/h2-3H,1H2,(H2,6,7,8). The van der Waals surface area contributed by atoms with Crippen LogP contribution in [0.5, 0.6) is 0 Å². The summed E-state index contributed by atoms with van der Waals surface area (Å²) in [5.74, 6) is 0.361. The van der Waals surface area contributed by atoms with E-state index < -0.39 is 0 Å². The maximum absolute atomic E-state index is 5.35. The Labute approximate surface area is 52.4 Å². The molecule has 1 heterocycles. The molecular weight excluding hydrogens is 116 g/mol. The molecule has 0 unspecified atom stereocenters. The van der Waals surface area contributed by atoms with Gasteiger partial charge >= 0.3 is 0 Å². The summed E-state index contributed by atoms with van der Waals surface area (Å²) in [6.07, 6.45) is 3.09. The van der Waals surface area contributed by atoms with Crippen molar-refractivity contribution in [1.82, 2.24) is 15.4 Å². The van der Waals surface area contributed by atoms with E-state index in [4.69, 9.17) is 5.73 Å². The highest BCUT2D eigenvalue weighted by atomic mass is 15.3. The fraction of sp³-hybridized carbons (Fsp3) is 0. The van der Waals surface area contributed by atoms with Crippen LogP contribution in [0.15, 0.2) is 12.8 Å². The molecule has 0 radical (unpaired) electrons. The Kier molecular flexibility index (Phi) is 1.40. The molecule has 0 aliphatic rings. The lowest BCUT2D eigenvalue weighted by molar-refractivity contribution is 0.870. The lowest BCUT2D eigenvalue weighted by Gasteiger charge is -1.91. The van der Waals surface area contributed by atoms with Gasteiger partial charge in [-0.25, -0.2) is 0 Å². The third-order valence-electron chi connectivity index (χ3n) is 0.917. The van der Waals surface area contributed by atoms with E-state index in [1.807, 2.05) is 0 Å². The van der Waals surface area contributed by atoms with Gasteiger partial charge < -0.3 is 5.73 Å². The number of nitrogens with two attached hydrogens (primary N) is 1. The van der Waals surface area contributed by atoms with E-state index >= 15 is 0 Å². The Balaban J connectivity index is 3.15. The van der Waals surface area contributed by atoms with Crippen LogP contribution in [0.1, 0.15) is 5.56 Å². The molecule has 0 bridgehead atoms. The molecule has 0 amide bonds. The molecule has 0 saturated heterocycles. The molecular formula is C5H6N4. The first-order chi connectivity index (χ1) is 4.34. The van der Waals surface area contributed by atoms with Gasteiger partial charge in [0.15, 0.2) is 5.82 Å². The smallest absolute Gasteiger partial charge is 0.156 e. The van der Waals surface area contributed by atoms with Crippen molar-refractivity contribution < 1.29 is 0 Å². The van der Waals surface area contributed by atoms with Crippen molar-refractivity contribution in [3.8, 4) is 0 Å². The van der Waals surface area contributed by atoms with Gasteiger partial charge in [0.05, 0.1) is 6.20 Å². The molecule has 1 aromatic heterocycles. The summed E-state index contributed by atoms with van der Waals surface area (Å²) in [6, 6.07) is 0. The Hall–Kier alpha value is -1.45. The quantitative estimate of drug-likeness (QED) is 0.573. The topological polar surface area (TPSA) is 64.7 Å². The molecule has 0 fully saturated rings. The lowest BCUT2D eigenvalue weighted by Crippen LogP contribution is -1.97. The molecule has 2 N–H and O–H groups in total. The molecule has 46 valence electrons. The third-order valence-corrected chi connectivity index (χ3v) is 0.917. The molecule has 1 rings (SSSR count). The Morgan fingerprint density at radius 2 is 2.44 bits per heavy atom. The van der Waals surface area contributed by atoms with Crippen LogP contribution < -0.4 is 5.73 Å². The zero-order valence-electron chi connectivity index (χ0n) is 4.78. The summed E-state index contributed by atoms with van der Waals surface area (Å²) < 4.78 is 0. The van der Waals surface area contributed by atoms with E-state index in [0.717, 1.165) is 0 Å². The largest absolute Gasteiger partial charge is 0.382 e. The van der Waals surface area contributed by atoms with Crippen LogP contribution >= 0.6 is 0 Å². The van der Waals surface area contributed by atoms with Crippen LogP contribution in [0.3, 0.4) is 0 Å². The van der Waals surface area contributed by atoms with Gasteiger partial charge in [-0.3, -0.25) is 0 Å². The summed E-state index contributed by atoms with van der Waals surface area (Å²) in [5.41, 5.74) is 6.06. The second kappa shape index (κ2) is 2.21. The Bertz CT molecular complexity index is 220. The Morgan fingerprint density at radius 3 is 2.89 bits per heavy atom. The summed E-state index contributed by atoms with van der Waals surface area (Å²) in [4.78, 5) is 0. The van der Waals surface area contributed by atoms with Crippen molar-refractivity contribution in [2.24, 2.45) is 0 Å². The summed E-state index contributed by atoms with van der Waals surface area (Å²) in [5, 5.41) is 10.3. The number of hydrogen-bond donors (Lipinski definition) is 1. The second-order valence-corrected chi connectivity index (χ2v) is 1.48. The molecule has 4 heteroatoms. The molecule has 1 aromatic rings. The average Bonchev–Trinajstić information content (AvgIpc) is 1.89. The molecule has 0 saturated carbocycles. The van der Waals surface area contributed by atoms with Gasteiger partial charge in [0, 0.05) is 5.56 Å². The highest BCUT2D eigenvalue weighted by Crippen LogP contribution is 2.03. The van der Waals surface area contributed by atoms with Crippen LogP contribution in [0.4, 0.5) is 5.82 Å². The van der Waals surface area contributed by atoms with Crippen molar-refractivity contribution in [3.63, 3.8) is 0 Å². The Morgan fingerprint density at radius 1 is 1.67 bits per heavy atom. The molecule has 0 atom stereocenters. The third kappa shape index (κ3) is 1.02. The summed E-state index contributed by atoms with van der Waals surface area (Å²) in [6.45, 7) is 3.50. The monoisotopic (exact) mass is 122 g/mol. The first-order valence-electron chi connectivity index (χ1n) is 2.41. The SMILES string of the molecule is C=Cc1cnnnc1N. The highest BCUT2D eigenvalue weighted by molar-refractivity contribution is 5.57. The van der Waals surface area contributed by atoms with Gasteiger partial charge in [-0.15, -0.1) is 10.2 Å². The second-order valence-electron chi connectivity index (χ2n) is 1.48. The van der Waals surface area contributed by atoms with Crippen molar-refractivity contribution in [2.75, 3.05) is 5.73 Å². The van der Waals surface area contributed by atoms with E-state index in [9.17, 15) is 0 Å².